The second-order valence-corrected chi connectivity index (χ2v) is 13.0. The first-order valence-corrected chi connectivity index (χ1v) is 13.3. The maximum absolute atomic E-state index is 11.6. The number of aliphatic hydroxyl groups excluding tert-OH is 3. The van der Waals surface area contributed by atoms with Crippen LogP contribution in [0, 0.1) is 46.3 Å². The Morgan fingerprint density at radius 1 is 0.969 bits per heavy atom. The minimum atomic E-state index is -1.40. The summed E-state index contributed by atoms with van der Waals surface area (Å²) in [4.78, 5) is 0. The molecule has 4 unspecified atom stereocenters. The van der Waals surface area contributed by atoms with Gasteiger partial charge in [0.2, 0.25) is 0 Å². The molecule has 0 radical (unpaired) electrons. The average Bonchev–Trinajstić information content (AvgIpc) is 3.06. The van der Waals surface area contributed by atoms with Gasteiger partial charge in [0.05, 0.1) is 18.3 Å². The maximum atomic E-state index is 11.6. The predicted octanol–water partition coefficient (Wildman–Crippen LogP) is 4.69. The van der Waals surface area contributed by atoms with E-state index >= 15 is 0 Å². The Labute approximate surface area is 195 Å². The van der Waals surface area contributed by atoms with E-state index in [2.05, 4.69) is 34.3 Å². The molecule has 4 saturated carbocycles. The van der Waals surface area contributed by atoms with Crippen molar-refractivity contribution in [3.8, 4) is 0 Å². The average molecular weight is 449 g/mol. The van der Waals surface area contributed by atoms with Gasteiger partial charge in [-0.25, -0.2) is 0 Å². The third-order valence-corrected chi connectivity index (χ3v) is 11.6. The molecule has 4 N–H and O–H groups in total. The highest BCUT2D eigenvalue weighted by atomic mass is 16.4. The summed E-state index contributed by atoms with van der Waals surface area (Å²) in [5.74, 6) is 3.05. The van der Waals surface area contributed by atoms with E-state index < -0.39 is 29.3 Å². The summed E-state index contributed by atoms with van der Waals surface area (Å²) < 4.78 is 0. The zero-order valence-electron chi connectivity index (χ0n) is 21.1. The molecule has 4 heteroatoms. The van der Waals surface area contributed by atoms with Gasteiger partial charge < -0.3 is 20.4 Å². The van der Waals surface area contributed by atoms with Crippen LogP contribution in [0.25, 0.3) is 0 Å². The first-order valence-electron chi connectivity index (χ1n) is 13.3. The van der Waals surface area contributed by atoms with Gasteiger partial charge >= 0.3 is 0 Å². The van der Waals surface area contributed by atoms with Crippen LogP contribution < -0.4 is 0 Å². The molecule has 0 heterocycles. The Kier molecular flexibility index (Phi) is 6.45. The molecule has 4 fully saturated rings. The van der Waals surface area contributed by atoms with Crippen molar-refractivity contribution in [2.24, 2.45) is 46.3 Å². The van der Waals surface area contributed by atoms with Crippen molar-refractivity contribution in [2.75, 3.05) is 0 Å². The lowest BCUT2D eigenvalue weighted by atomic mass is 9.41. The smallest absolute Gasteiger partial charge is 0.101 e. The molecule has 0 aromatic heterocycles. The number of allylic oxidation sites excluding steroid dienone is 1. The largest absolute Gasteiger partial charge is 0.393 e. The second kappa shape index (κ2) is 8.36. The zero-order chi connectivity index (χ0) is 23.6. The van der Waals surface area contributed by atoms with E-state index in [0.29, 0.717) is 42.4 Å². The standard InChI is InChI=1S/C28H48O4/c1-16(2)17(3)7-8-18(4)21-9-10-22-20-14-25(31)28(32)15-19(29)13-24(30)27(28,6)23(20)11-12-26(21,22)5/h17-25,29-32H,1,7-15H2,2-6H3/t17-,18+,19-,20?,21?,22?,23?,24+,25+,26+,27-,28-/m0/s1. The molecule has 0 aliphatic heterocycles. The highest BCUT2D eigenvalue weighted by Crippen LogP contribution is 2.69. The van der Waals surface area contributed by atoms with Crippen molar-refractivity contribution in [1.82, 2.24) is 0 Å². The Morgan fingerprint density at radius 3 is 2.31 bits per heavy atom. The summed E-state index contributed by atoms with van der Waals surface area (Å²) in [5, 5.41) is 44.2. The van der Waals surface area contributed by atoms with Crippen molar-refractivity contribution < 1.29 is 20.4 Å². The number of aliphatic hydroxyl groups is 4. The molecule has 32 heavy (non-hydrogen) atoms. The van der Waals surface area contributed by atoms with Gasteiger partial charge in [-0.3, -0.25) is 0 Å². The maximum Gasteiger partial charge on any atom is 0.101 e. The van der Waals surface area contributed by atoms with E-state index in [1.165, 1.54) is 31.3 Å². The first kappa shape index (κ1) is 24.7. The van der Waals surface area contributed by atoms with Crippen molar-refractivity contribution in [3.05, 3.63) is 12.2 Å². The quantitative estimate of drug-likeness (QED) is 0.460. The van der Waals surface area contributed by atoms with Crippen LogP contribution in [0.3, 0.4) is 0 Å². The summed E-state index contributed by atoms with van der Waals surface area (Å²) in [6.07, 6.45) is 5.72. The van der Waals surface area contributed by atoms with E-state index in [9.17, 15) is 20.4 Å². The molecular weight excluding hydrogens is 400 g/mol. The van der Waals surface area contributed by atoms with Gasteiger partial charge in [0.15, 0.2) is 0 Å². The minimum Gasteiger partial charge on any atom is -0.393 e. The second-order valence-electron chi connectivity index (χ2n) is 13.0. The van der Waals surface area contributed by atoms with Crippen LogP contribution >= 0.6 is 0 Å². The molecule has 12 atom stereocenters. The number of hydrogen-bond acceptors (Lipinski definition) is 4. The van der Waals surface area contributed by atoms with Crippen LogP contribution in [0.1, 0.15) is 92.4 Å². The first-order chi connectivity index (χ1) is 14.9. The van der Waals surface area contributed by atoms with E-state index in [1.54, 1.807) is 0 Å². The minimum absolute atomic E-state index is 0.174. The Bertz CT molecular complexity index is 722. The monoisotopic (exact) mass is 448 g/mol. The summed E-state index contributed by atoms with van der Waals surface area (Å²) in [5.41, 5.74) is -0.599. The molecule has 0 aromatic carbocycles. The summed E-state index contributed by atoms with van der Waals surface area (Å²) in [7, 11) is 0. The normalized spacial score (nSPS) is 52.5. The Balaban J connectivity index is 1.56. The fourth-order valence-electron chi connectivity index (χ4n) is 9.27. The third kappa shape index (κ3) is 3.46. The van der Waals surface area contributed by atoms with Gasteiger partial charge in [-0.1, -0.05) is 39.8 Å². The van der Waals surface area contributed by atoms with Crippen LogP contribution in [-0.4, -0.2) is 44.3 Å². The van der Waals surface area contributed by atoms with Gasteiger partial charge in [0, 0.05) is 11.8 Å². The lowest BCUT2D eigenvalue weighted by molar-refractivity contribution is -0.294. The molecule has 0 saturated heterocycles. The summed E-state index contributed by atoms with van der Waals surface area (Å²) >= 11 is 0. The Hall–Kier alpha value is -0.420. The van der Waals surface area contributed by atoms with Crippen molar-refractivity contribution in [2.45, 2.75) is 116 Å². The molecule has 0 bridgehead atoms. The lowest BCUT2D eigenvalue weighted by Crippen LogP contribution is -2.72. The molecule has 4 rings (SSSR count). The SMILES string of the molecule is C=C(C)[C@@H](C)CC[C@@H](C)C1CCC2C3C[C@@H](O)[C@@]4(O)C[C@@H](O)C[C@@H](O)[C@]4(C)C3CC[C@@]21C. The van der Waals surface area contributed by atoms with Crippen LogP contribution in [0.5, 0.6) is 0 Å². The molecule has 0 aromatic rings. The third-order valence-electron chi connectivity index (χ3n) is 11.6. The van der Waals surface area contributed by atoms with Crippen LogP contribution in [0.15, 0.2) is 12.2 Å². The molecule has 184 valence electrons. The van der Waals surface area contributed by atoms with Gasteiger partial charge in [-0.2, -0.15) is 0 Å². The highest BCUT2D eigenvalue weighted by molar-refractivity contribution is 5.19. The molecule has 4 aliphatic carbocycles. The Morgan fingerprint density at radius 2 is 1.66 bits per heavy atom. The molecule has 0 spiro atoms. The lowest BCUT2D eigenvalue weighted by Gasteiger charge is -2.66. The van der Waals surface area contributed by atoms with E-state index in [4.69, 9.17) is 0 Å². The highest BCUT2D eigenvalue weighted by Gasteiger charge is 2.70. The zero-order valence-corrected chi connectivity index (χ0v) is 21.1. The van der Waals surface area contributed by atoms with E-state index in [0.717, 1.165) is 12.8 Å². The fraction of sp³-hybridized carbons (Fsp3) is 0.929. The van der Waals surface area contributed by atoms with Crippen molar-refractivity contribution >= 4 is 0 Å². The van der Waals surface area contributed by atoms with E-state index in [-0.39, 0.29) is 17.8 Å². The molecule has 4 nitrogen and oxygen atoms in total. The summed E-state index contributed by atoms with van der Waals surface area (Å²) in [6, 6.07) is 0. The summed E-state index contributed by atoms with van der Waals surface area (Å²) in [6.45, 7) is 15.5. The van der Waals surface area contributed by atoms with Crippen molar-refractivity contribution in [3.63, 3.8) is 0 Å². The van der Waals surface area contributed by atoms with Crippen LogP contribution in [0.4, 0.5) is 0 Å². The molecular formula is C28H48O4. The van der Waals surface area contributed by atoms with E-state index in [1.807, 2.05) is 6.92 Å². The van der Waals surface area contributed by atoms with Crippen LogP contribution in [0.2, 0.25) is 0 Å². The number of rotatable bonds is 5. The van der Waals surface area contributed by atoms with Crippen molar-refractivity contribution in [1.29, 1.82) is 0 Å². The topological polar surface area (TPSA) is 80.9 Å². The fourth-order valence-corrected chi connectivity index (χ4v) is 9.27. The van der Waals surface area contributed by atoms with Gasteiger partial charge in [0.1, 0.15) is 5.60 Å². The number of fused-ring (bicyclic) bond motifs is 5. The van der Waals surface area contributed by atoms with Gasteiger partial charge in [-0.15, -0.1) is 0 Å². The molecule has 4 aliphatic rings. The number of hydrogen-bond donors (Lipinski definition) is 4. The predicted molar refractivity (Wildman–Crippen MR) is 128 cm³/mol. The molecule has 0 amide bonds. The van der Waals surface area contributed by atoms with Crippen LogP contribution in [-0.2, 0) is 0 Å². The van der Waals surface area contributed by atoms with Gasteiger partial charge in [0.25, 0.3) is 0 Å². The van der Waals surface area contributed by atoms with Gasteiger partial charge in [-0.05, 0) is 99.2 Å².